The Morgan fingerprint density at radius 3 is 2.65 bits per heavy atom. The Morgan fingerprint density at radius 2 is 2.05 bits per heavy atom. The normalized spacial score (nSPS) is 10.1. The standard InChI is InChI=1S/C13H10BrN3O3/c14-9-3-8(5-15-6-9)13(20)17-11-2-1-10(16-7-11)4-12(18)19/h1-3,5-7H,4H2,(H,17,20)(H,18,19). The van der Waals surface area contributed by atoms with Crippen molar-refractivity contribution >= 4 is 33.5 Å². The quantitative estimate of drug-likeness (QED) is 0.892. The average Bonchev–Trinajstić information content (AvgIpc) is 2.40. The van der Waals surface area contributed by atoms with E-state index in [1.54, 1.807) is 24.4 Å². The number of hydrogen-bond acceptors (Lipinski definition) is 4. The van der Waals surface area contributed by atoms with Crippen LogP contribution in [0.1, 0.15) is 16.1 Å². The smallest absolute Gasteiger partial charge is 0.309 e. The molecule has 0 aliphatic heterocycles. The van der Waals surface area contributed by atoms with E-state index in [4.69, 9.17) is 5.11 Å². The molecular weight excluding hydrogens is 326 g/mol. The number of aliphatic carboxylic acids is 1. The number of hydrogen-bond donors (Lipinski definition) is 2. The highest BCUT2D eigenvalue weighted by molar-refractivity contribution is 9.10. The number of aromatic nitrogens is 2. The molecule has 0 aliphatic rings. The van der Waals surface area contributed by atoms with E-state index in [0.29, 0.717) is 21.4 Å². The molecule has 20 heavy (non-hydrogen) atoms. The molecule has 102 valence electrons. The topological polar surface area (TPSA) is 92.2 Å². The van der Waals surface area contributed by atoms with E-state index in [0.717, 1.165) is 0 Å². The number of nitrogens with zero attached hydrogens (tertiary/aromatic N) is 2. The van der Waals surface area contributed by atoms with Gasteiger partial charge in [0.1, 0.15) is 0 Å². The van der Waals surface area contributed by atoms with Gasteiger partial charge in [0.2, 0.25) is 0 Å². The lowest BCUT2D eigenvalue weighted by molar-refractivity contribution is -0.136. The molecule has 0 fully saturated rings. The van der Waals surface area contributed by atoms with Gasteiger partial charge in [-0.3, -0.25) is 19.6 Å². The van der Waals surface area contributed by atoms with Crippen LogP contribution < -0.4 is 5.32 Å². The number of halogens is 1. The minimum absolute atomic E-state index is 0.149. The third-order valence-electron chi connectivity index (χ3n) is 2.38. The Balaban J connectivity index is 2.06. The van der Waals surface area contributed by atoms with Crippen molar-refractivity contribution in [3.8, 4) is 0 Å². The Bertz CT molecular complexity index is 644. The predicted molar refractivity (Wildman–Crippen MR) is 75.5 cm³/mol. The molecule has 2 aromatic rings. The Kier molecular flexibility index (Phi) is 4.41. The number of pyridine rings is 2. The molecule has 0 aromatic carbocycles. The molecule has 0 spiro atoms. The molecule has 0 bridgehead atoms. The molecule has 6 nitrogen and oxygen atoms in total. The van der Waals surface area contributed by atoms with Crippen LogP contribution in [0.2, 0.25) is 0 Å². The molecule has 0 saturated heterocycles. The molecule has 7 heteroatoms. The fourth-order valence-corrected chi connectivity index (χ4v) is 1.86. The maximum Gasteiger partial charge on any atom is 0.309 e. The summed E-state index contributed by atoms with van der Waals surface area (Å²) in [5, 5.41) is 11.3. The molecule has 2 N–H and O–H groups in total. The summed E-state index contributed by atoms with van der Waals surface area (Å²) >= 11 is 3.24. The maximum atomic E-state index is 11.9. The second-order valence-electron chi connectivity index (χ2n) is 3.95. The molecule has 0 aliphatic carbocycles. The van der Waals surface area contributed by atoms with Gasteiger partial charge in [-0.25, -0.2) is 0 Å². The molecule has 1 amide bonds. The highest BCUT2D eigenvalue weighted by Gasteiger charge is 2.08. The Morgan fingerprint density at radius 1 is 1.25 bits per heavy atom. The van der Waals surface area contributed by atoms with Crippen LogP contribution in [0.3, 0.4) is 0 Å². The molecular formula is C13H10BrN3O3. The number of carboxylic acid groups (broad SMARTS) is 1. The van der Waals surface area contributed by atoms with Gasteiger partial charge in [0.25, 0.3) is 5.91 Å². The minimum Gasteiger partial charge on any atom is -0.481 e. The molecule has 2 rings (SSSR count). The summed E-state index contributed by atoms with van der Waals surface area (Å²) in [6.45, 7) is 0. The van der Waals surface area contributed by atoms with Crippen molar-refractivity contribution in [1.82, 2.24) is 9.97 Å². The fourth-order valence-electron chi connectivity index (χ4n) is 1.50. The summed E-state index contributed by atoms with van der Waals surface area (Å²) in [5.41, 5.74) is 1.33. The average molecular weight is 336 g/mol. The number of rotatable bonds is 4. The zero-order chi connectivity index (χ0) is 14.5. The molecule has 0 unspecified atom stereocenters. The van der Waals surface area contributed by atoms with Gasteiger partial charge >= 0.3 is 5.97 Å². The SMILES string of the molecule is O=C(O)Cc1ccc(NC(=O)c2cncc(Br)c2)cn1. The van der Waals surface area contributed by atoms with Crippen LogP contribution in [-0.4, -0.2) is 27.0 Å². The van der Waals surface area contributed by atoms with Crippen molar-refractivity contribution in [1.29, 1.82) is 0 Å². The predicted octanol–water partition coefficient (Wildman–Crippen LogP) is 2.12. The van der Waals surface area contributed by atoms with E-state index in [1.807, 2.05) is 0 Å². The number of carbonyl (C=O) groups excluding carboxylic acids is 1. The van der Waals surface area contributed by atoms with Crippen LogP contribution in [0.5, 0.6) is 0 Å². The summed E-state index contributed by atoms with van der Waals surface area (Å²) in [5.74, 6) is -1.26. The van der Waals surface area contributed by atoms with Crippen molar-refractivity contribution < 1.29 is 14.7 Å². The lowest BCUT2D eigenvalue weighted by Gasteiger charge is -2.05. The van der Waals surface area contributed by atoms with Gasteiger partial charge in [-0.2, -0.15) is 0 Å². The maximum absolute atomic E-state index is 11.9. The highest BCUT2D eigenvalue weighted by atomic mass is 79.9. The largest absolute Gasteiger partial charge is 0.481 e. The summed E-state index contributed by atoms with van der Waals surface area (Å²) in [7, 11) is 0. The van der Waals surface area contributed by atoms with Crippen molar-refractivity contribution in [2.24, 2.45) is 0 Å². The van der Waals surface area contributed by atoms with Crippen molar-refractivity contribution in [3.05, 3.63) is 52.5 Å². The highest BCUT2D eigenvalue weighted by Crippen LogP contribution is 2.12. The van der Waals surface area contributed by atoms with E-state index in [9.17, 15) is 9.59 Å². The zero-order valence-electron chi connectivity index (χ0n) is 10.2. The van der Waals surface area contributed by atoms with Gasteiger partial charge in [-0.05, 0) is 34.1 Å². The third kappa shape index (κ3) is 3.86. The Hall–Kier alpha value is -2.28. The first-order valence-corrected chi connectivity index (χ1v) is 6.42. The second-order valence-corrected chi connectivity index (χ2v) is 4.87. The zero-order valence-corrected chi connectivity index (χ0v) is 11.8. The van der Waals surface area contributed by atoms with Crippen LogP contribution in [-0.2, 0) is 11.2 Å². The number of anilines is 1. The first kappa shape index (κ1) is 14.1. The molecule has 0 saturated carbocycles. The van der Waals surface area contributed by atoms with Gasteiger partial charge in [-0.15, -0.1) is 0 Å². The van der Waals surface area contributed by atoms with Gasteiger partial charge in [-0.1, -0.05) is 0 Å². The first-order valence-electron chi connectivity index (χ1n) is 5.63. The summed E-state index contributed by atoms with van der Waals surface area (Å²) in [4.78, 5) is 30.3. The molecule has 2 heterocycles. The number of amides is 1. The monoisotopic (exact) mass is 335 g/mol. The van der Waals surface area contributed by atoms with Crippen LogP contribution in [0.25, 0.3) is 0 Å². The van der Waals surface area contributed by atoms with Crippen LogP contribution in [0, 0.1) is 0 Å². The van der Waals surface area contributed by atoms with E-state index < -0.39 is 5.97 Å². The molecule has 0 radical (unpaired) electrons. The Labute approximate surface area is 123 Å². The van der Waals surface area contributed by atoms with Crippen molar-refractivity contribution in [3.63, 3.8) is 0 Å². The van der Waals surface area contributed by atoms with Crippen LogP contribution in [0.4, 0.5) is 5.69 Å². The fraction of sp³-hybridized carbons (Fsp3) is 0.0769. The second kappa shape index (κ2) is 6.25. The van der Waals surface area contributed by atoms with Crippen LogP contribution >= 0.6 is 15.9 Å². The summed E-state index contributed by atoms with van der Waals surface area (Å²) in [6, 6.07) is 4.81. The van der Waals surface area contributed by atoms with Gasteiger partial charge in [0.05, 0.1) is 29.6 Å². The van der Waals surface area contributed by atoms with Crippen molar-refractivity contribution in [2.45, 2.75) is 6.42 Å². The lowest BCUT2D eigenvalue weighted by atomic mass is 10.2. The lowest BCUT2D eigenvalue weighted by Crippen LogP contribution is -2.12. The van der Waals surface area contributed by atoms with Crippen molar-refractivity contribution in [2.75, 3.05) is 5.32 Å². The first-order chi connectivity index (χ1) is 9.54. The third-order valence-corrected chi connectivity index (χ3v) is 2.82. The number of carboxylic acids is 1. The van der Waals surface area contributed by atoms with E-state index in [1.165, 1.54) is 12.4 Å². The van der Waals surface area contributed by atoms with Crippen LogP contribution in [0.15, 0.2) is 41.3 Å². The summed E-state index contributed by atoms with van der Waals surface area (Å²) < 4.78 is 0.708. The van der Waals surface area contributed by atoms with Gasteiger partial charge < -0.3 is 10.4 Å². The van der Waals surface area contributed by atoms with Gasteiger partial charge in [0.15, 0.2) is 0 Å². The van der Waals surface area contributed by atoms with E-state index in [-0.39, 0.29) is 12.3 Å². The summed E-state index contributed by atoms with van der Waals surface area (Å²) in [6.07, 6.45) is 4.30. The van der Waals surface area contributed by atoms with E-state index in [2.05, 4.69) is 31.2 Å². The minimum atomic E-state index is -0.950. The molecule has 0 atom stereocenters. The number of nitrogens with one attached hydrogen (secondary N) is 1. The number of carbonyl (C=O) groups is 2. The van der Waals surface area contributed by atoms with Gasteiger partial charge in [0, 0.05) is 16.9 Å². The molecule has 2 aromatic heterocycles. The van der Waals surface area contributed by atoms with E-state index >= 15 is 0 Å².